The molecule has 31 heavy (non-hydrogen) atoms. The molecule has 7 N–H and O–H groups in total. The summed E-state index contributed by atoms with van der Waals surface area (Å²) < 4.78 is 8.12. The van der Waals surface area contributed by atoms with Crippen LogP contribution >= 0.6 is 0 Å². The Kier molecular flexibility index (Phi) is 5.75. The Morgan fingerprint density at radius 2 is 2.03 bits per heavy atom. The molecule has 4 heterocycles. The van der Waals surface area contributed by atoms with Gasteiger partial charge in [0.15, 0.2) is 11.5 Å². The average Bonchev–Trinajstić information content (AvgIpc) is 3.12. The Labute approximate surface area is 181 Å². The summed E-state index contributed by atoms with van der Waals surface area (Å²) in [7, 11) is 0. The SMILES string of the molecule is C[C@@]1(O)CC2(CCN(C(=O)CCCCN)CC2)OC[C@H]1n1cnc2c(N)nc(N)nc21. The highest BCUT2D eigenvalue weighted by Crippen LogP contribution is 2.44. The normalized spacial score (nSPS) is 25.9. The van der Waals surface area contributed by atoms with Gasteiger partial charge in [0.25, 0.3) is 0 Å². The minimum Gasteiger partial charge on any atom is -0.388 e. The smallest absolute Gasteiger partial charge is 0.224 e. The number of ether oxygens (including phenoxy) is 1. The molecule has 4 rings (SSSR count). The molecule has 1 spiro atoms. The Bertz CT molecular complexity index is 951. The molecule has 2 aliphatic rings. The molecular formula is C20H32N8O3. The largest absolute Gasteiger partial charge is 0.388 e. The fourth-order valence-corrected chi connectivity index (χ4v) is 4.88. The molecule has 0 aliphatic carbocycles. The van der Waals surface area contributed by atoms with Crippen LogP contribution < -0.4 is 17.2 Å². The van der Waals surface area contributed by atoms with Gasteiger partial charge in [0.2, 0.25) is 11.9 Å². The van der Waals surface area contributed by atoms with Crippen molar-refractivity contribution in [2.45, 2.75) is 62.7 Å². The van der Waals surface area contributed by atoms with Crippen LogP contribution in [0.5, 0.6) is 0 Å². The van der Waals surface area contributed by atoms with Crippen molar-refractivity contribution in [3.63, 3.8) is 0 Å². The number of nitrogens with zero attached hydrogens (tertiary/aromatic N) is 5. The summed E-state index contributed by atoms with van der Waals surface area (Å²) in [6, 6.07) is -0.396. The van der Waals surface area contributed by atoms with Gasteiger partial charge in [0, 0.05) is 25.9 Å². The van der Waals surface area contributed by atoms with Crippen LogP contribution in [0.15, 0.2) is 6.33 Å². The molecule has 11 heteroatoms. The number of unbranched alkanes of at least 4 members (excludes halogenated alkanes) is 1. The Balaban J connectivity index is 1.45. The van der Waals surface area contributed by atoms with E-state index in [2.05, 4.69) is 15.0 Å². The van der Waals surface area contributed by atoms with Crippen molar-refractivity contribution in [1.82, 2.24) is 24.4 Å². The molecule has 0 radical (unpaired) electrons. The fourth-order valence-electron chi connectivity index (χ4n) is 4.88. The predicted octanol–water partition coefficient (Wildman–Crippen LogP) is 0.193. The zero-order valence-electron chi connectivity index (χ0n) is 18.0. The minimum atomic E-state index is -1.06. The highest BCUT2D eigenvalue weighted by molar-refractivity contribution is 5.82. The first-order valence-electron chi connectivity index (χ1n) is 10.8. The highest BCUT2D eigenvalue weighted by Gasteiger charge is 2.50. The molecule has 1 amide bonds. The van der Waals surface area contributed by atoms with Gasteiger partial charge in [-0.1, -0.05) is 0 Å². The number of rotatable bonds is 5. The van der Waals surface area contributed by atoms with Gasteiger partial charge in [-0.15, -0.1) is 0 Å². The van der Waals surface area contributed by atoms with Crippen molar-refractivity contribution in [3.8, 4) is 0 Å². The number of fused-ring (bicyclic) bond motifs is 1. The topological polar surface area (TPSA) is 171 Å². The molecule has 2 fully saturated rings. The van der Waals surface area contributed by atoms with Gasteiger partial charge in [0.1, 0.15) is 5.52 Å². The summed E-state index contributed by atoms with van der Waals surface area (Å²) in [5.41, 5.74) is 16.6. The standard InChI is InChI=1S/C20H32N8O3/c1-19(30)11-20(5-8-27(9-6-20)14(29)4-2-3-7-21)31-10-13(19)28-12-24-15-16(22)25-18(23)26-17(15)28/h12-13,30H,2-11,21H2,1H3,(H4,22,23,25,26)/t13-,19-/m1/s1. The third-order valence-electron chi connectivity index (χ3n) is 6.62. The van der Waals surface area contributed by atoms with Gasteiger partial charge >= 0.3 is 0 Å². The number of aromatic nitrogens is 4. The van der Waals surface area contributed by atoms with Gasteiger partial charge in [-0.05, 0) is 39.2 Å². The lowest BCUT2D eigenvalue weighted by molar-refractivity contribution is -0.197. The number of piperidine rings is 1. The van der Waals surface area contributed by atoms with Crippen LogP contribution in [0.3, 0.4) is 0 Å². The molecule has 0 unspecified atom stereocenters. The van der Waals surface area contributed by atoms with E-state index in [0.29, 0.717) is 63.1 Å². The average molecular weight is 433 g/mol. The third-order valence-corrected chi connectivity index (χ3v) is 6.62. The quantitative estimate of drug-likeness (QED) is 0.481. The molecule has 11 nitrogen and oxygen atoms in total. The molecule has 2 atom stereocenters. The number of imidazole rings is 1. The van der Waals surface area contributed by atoms with Gasteiger partial charge < -0.3 is 36.5 Å². The Morgan fingerprint density at radius 3 is 2.71 bits per heavy atom. The number of amides is 1. The maximum atomic E-state index is 12.4. The number of aliphatic hydroxyl groups is 1. The maximum Gasteiger partial charge on any atom is 0.224 e. The minimum absolute atomic E-state index is 0.0584. The molecule has 2 aliphatic heterocycles. The van der Waals surface area contributed by atoms with Crippen LogP contribution in [-0.4, -0.2) is 72.9 Å². The first-order valence-corrected chi connectivity index (χ1v) is 10.8. The van der Waals surface area contributed by atoms with E-state index in [0.717, 1.165) is 12.8 Å². The highest BCUT2D eigenvalue weighted by atomic mass is 16.5. The number of nitrogen functional groups attached to an aromatic ring is 2. The molecule has 2 aromatic rings. The van der Waals surface area contributed by atoms with E-state index < -0.39 is 17.2 Å². The van der Waals surface area contributed by atoms with Crippen LogP contribution in [0.2, 0.25) is 0 Å². The number of carbonyl (C=O) groups excluding carboxylic acids is 1. The summed E-state index contributed by atoms with van der Waals surface area (Å²) in [4.78, 5) is 26.8. The molecule has 2 saturated heterocycles. The van der Waals surface area contributed by atoms with Crippen molar-refractivity contribution in [1.29, 1.82) is 0 Å². The number of hydrogen-bond donors (Lipinski definition) is 4. The fraction of sp³-hybridized carbons (Fsp3) is 0.700. The van der Waals surface area contributed by atoms with Crippen molar-refractivity contribution < 1.29 is 14.6 Å². The lowest BCUT2D eigenvalue weighted by Gasteiger charge is -2.51. The van der Waals surface area contributed by atoms with Crippen molar-refractivity contribution in [2.24, 2.45) is 5.73 Å². The molecule has 2 aromatic heterocycles. The van der Waals surface area contributed by atoms with Crippen LogP contribution in [0.4, 0.5) is 11.8 Å². The van der Waals surface area contributed by atoms with Gasteiger partial charge in [0.05, 0.1) is 30.2 Å². The predicted molar refractivity (Wildman–Crippen MR) is 116 cm³/mol. The van der Waals surface area contributed by atoms with E-state index in [1.54, 1.807) is 10.9 Å². The summed E-state index contributed by atoms with van der Waals surface area (Å²) in [6.45, 7) is 3.99. The zero-order valence-corrected chi connectivity index (χ0v) is 18.0. The number of hydrogen-bond acceptors (Lipinski definition) is 9. The van der Waals surface area contributed by atoms with E-state index in [1.807, 2.05) is 11.8 Å². The van der Waals surface area contributed by atoms with Crippen LogP contribution in [0, 0.1) is 0 Å². The monoisotopic (exact) mass is 432 g/mol. The van der Waals surface area contributed by atoms with E-state index in [-0.39, 0.29) is 17.7 Å². The van der Waals surface area contributed by atoms with Crippen LogP contribution in [0.1, 0.15) is 51.5 Å². The van der Waals surface area contributed by atoms with Gasteiger partial charge in [-0.3, -0.25) is 4.79 Å². The molecule has 0 bridgehead atoms. The van der Waals surface area contributed by atoms with Gasteiger partial charge in [-0.25, -0.2) is 4.98 Å². The molecule has 0 aromatic carbocycles. The molecule has 170 valence electrons. The first kappa shape index (κ1) is 21.7. The maximum absolute atomic E-state index is 12.4. The van der Waals surface area contributed by atoms with Crippen LogP contribution in [0.25, 0.3) is 11.2 Å². The van der Waals surface area contributed by atoms with Crippen LogP contribution in [-0.2, 0) is 9.53 Å². The zero-order chi connectivity index (χ0) is 22.2. The summed E-state index contributed by atoms with van der Waals surface area (Å²) in [5, 5.41) is 11.4. The number of likely N-dealkylation sites (tertiary alicyclic amines) is 1. The number of anilines is 2. The number of nitrogens with two attached hydrogens (primary N) is 3. The lowest BCUT2D eigenvalue weighted by Crippen LogP contribution is -2.57. The lowest BCUT2D eigenvalue weighted by atomic mass is 9.75. The van der Waals surface area contributed by atoms with E-state index in [4.69, 9.17) is 21.9 Å². The molecule has 0 saturated carbocycles. The number of carbonyl (C=O) groups is 1. The van der Waals surface area contributed by atoms with Crippen molar-refractivity contribution in [3.05, 3.63) is 6.33 Å². The Morgan fingerprint density at radius 1 is 1.29 bits per heavy atom. The first-order chi connectivity index (χ1) is 14.7. The van der Waals surface area contributed by atoms with E-state index >= 15 is 0 Å². The Hall–Kier alpha value is -2.50. The van der Waals surface area contributed by atoms with E-state index in [9.17, 15) is 9.90 Å². The molecular weight excluding hydrogens is 400 g/mol. The van der Waals surface area contributed by atoms with Crippen molar-refractivity contribution >= 4 is 28.8 Å². The van der Waals surface area contributed by atoms with E-state index in [1.165, 1.54) is 0 Å². The van der Waals surface area contributed by atoms with Crippen molar-refractivity contribution in [2.75, 3.05) is 37.7 Å². The summed E-state index contributed by atoms with van der Waals surface area (Å²) in [5.74, 6) is 0.434. The second kappa shape index (κ2) is 8.21. The summed E-state index contributed by atoms with van der Waals surface area (Å²) >= 11 is 0. The second-order valence-corrected chi connectivity index (χ2v) is 8.96. The third kappa shape index (κ3) is 4.17. The second-order valence-electron chi connectivity index (χ2n) is 8.96. The van der Waals surface area contributed by atoms with Gasteiger partial charge in [-0.2, -0.15) is 9.97 Å². The summed E-state index contributed by atoms with van der Waals surface area (Å²) in [6.07, 6.45) is 5.67.